The van der Waals surface area contributed by atoms with Gasteiger partial charge in [0.05, 0.1) is 6.04 Å². The average molecular weight is 384 g/mol. The van der Waals surface area contributed by atoms with Gasteiger partial charge in [-0.1, -0.05) is 49.7 Å². The predicted molar refractivity (Wildman–Crippen MR) is 113 cm³/mol. The van der Waals surface area contributed by atoms with E-state index in [1.165, 1.54) is 0 Å². The molecule has 0 heterocycles. The number of thiocarbonyl (C=S) groups is 1. The molecular formula is C21H25N3O2S. The molecule has 2 rings (SSSR count). The first-order valence-corrected chi connectivity index (χ1v) is 9.47. The maximum absolute atomic E-state index is 12.5. The summed E-state index contributed by atoms with van der Waals surface area (Å²) in [4.78, 5) is 24.3. The summed E-state index contributed by atoms with van der Waals surface area (Å²) in [5.41, 5.74) is 2.20. The van der Waals surface area contributed by atoms with Crippen molar-refractivity contribution in [3.8, 4) is 0 Å². The number of unbranched alkanes of at least 4 members (excludes halogenated alkanes) is 1. The van der Waals surface area contributed by atoms with Gasteiger partial charge in [-0.15, -0.1) is 0 Å². The zero-order valence-electron chi connectivity index (χ0n) is 15.6. The van der Waals surface area contributed by atoms with Crippen LogP contribution in [0.3, 0.4) is 0 Å². The molecule has 0 saturated carbocycles. The van der Waals surface area contributed by atoms with Crippen LogP contribution in [0.4, 0.5) is 5.69 Å². The zero-order valence-corrected chi connectivity index (χ0v) is 16.4. The second-order valence-corrected chi connectivity index (χ2v) is 6.70. The Morgan fingerprint density at radius 1 is 1.07 bits per heavy atom. The topological polar surface area (TPSA) is 70.2 Å². The highest BCUT2D eigenvalue weighted by molar-refractivity contribution is 7.80. The van der Waals surface area contributed by atoms with Gasteiger partial charge in [0.25, 0.3) is 5.91 Å². The minimum atomic E-state index is -0.173. The third kappa shape index (κ3) is 6.83. The summed E-state index contributed by atoms with van der Waals surface area (Å²) >= 11 is 5.16. The van der Waals surface area contributed by atoms with E-state index in [-0.39, 0.29) is 23.0 Å². The maximum Gasteiger partial charge on any atom is 0.251 e. The summed E-state index contributed by atoms with van der Waals surface area (Å²) in [6, 6.07) is 16.7. The lowest BCUT2D eigenvalue weighted by Crippen LogP contribution is -2.34. The van der Waals surface area contributed by atoms with Crippen molar-refractivity contribution >= 4 is 34.8 Å². The van der Waals surface area contributed by atoms with E-state index >= 15 is 0 Å². The van der Waals surface area contributed by atoms with Crippen LogP contribution in [0, 0.1) is 0 Å². The van der Waals surface area contributed by atoms with Gasteiger partial charge in [0, 0.05) is 17.7 Å². The molecule has 0 radical (unpaired) electrons. The van der Waals surface area contributed by atoms with Crippen LogP contribution in [-0.2, 0) is 4.79 Å². The molecule has 1 atom stereocenters. The van der Waals surface area contributed by atoms with E-state index in [9.17, 15) is 9.59 Å². The molecular weight excluding hydrogens is 358 g/mol. The van der Waals surface area contributed by atoms with Crippen LogP contribution in [0.25, 0.3) is 0 Å². The second kappa shape index (κ2) is 10.4. The quantitative estimate of drug-likeness (QED) is 0.627. The Morgan fingerprint density at radius 2 is 1.81 bits per heavy atom. The molecule has 5 nitrogen and oxygen atoms in total. The lowest BCUT2D eigenvalue weighted by atomic mass is 10.1. The van der Waals surface area contributed by atoms with Gasteiger partial charge in [-0.05, 0) is 49.3 Å². The largest absolute Gasteiger partial charge is 0.346 e. The number of hydrogen-bond donors (Lipinski definition) is 3. The van der Waals surface area contributed by atoms with Crippen LogP contribution in [0.15, 0.2) is 54.6 Å². The molecule has 0 aliphatic heterocycles. The standard InChI is InChI=1S/C21H25N3O2S/c1-3-4-13-19(25)24-21(27)23-18-12-8-11-17(14-18)20(26)22-15(2)16-9-6-5-7-10-16/h5-12,14-15H,3-4,13H2,1-2H3,(H,22,26)(H2,23,24,25,27). The fourth-order valence-electron chi connectivity index (χ4n) is 2.53. The molecule has 0 bridgehead atoms. The number of carbonyl (C=O) groups is 2. The summed E-state index contributed by atoms with van der Waals surface area (Å²) in [6.07, 6.45) is 2.22. The number of nitrogens with one attached hydrogen (secondary N) is 3. The Bertz CT molecular complexity index is 793. The SMILES string of the molecule is CCCCC(=O)NC(=S)Nc1cccc(C(=O)NC(C)c2ccccc2)c1. The van der Waals surface area contributed by atoms with E-state index in [4.69, 9.17) is 12.2 Å². The van der Waals surface area contributed by atoms with Gasteiger partial charge in [0.15, 0.2) is 5.11 Å². The Hall–Kier alpha value is -2.73. The maximum atomic E-state index is 12.5. The first-order valence-electron chi connectivity index (χ1n) is 9.06. The summed E-state index contributed by atoms with van der Waals surface area (Å²) in [7, 11) is 0. The molecule has 0 fully saturated rings. The molecule has 0 saturated heterocycles. The number of rotatable bonds is 7. The van der Waals surface area contributed by atoms with E-state index in [1.54, 1.807) is 24.3 Å². The highest BCUT2D eigenvalue weighted by atomic mass is 32.1. The van der Waals surface area contributed by atoms with E-state index in [1.807, 2.05) is 44.2 Å². The Balaban J connectivity index is 1.95. The molecule has 0 aliphatic rings. The number of amides is 2. The number of carbonyl (C=O) groups excluding carboxylic acids is 2. The monoisotopic (exact) mass is 383 g/mol. The molecule has 0 spiro atoms. The summed E-state index contributed by atoms with van der Waals surface area (Å²) < 4.78 is 0. The lowest BCUT2D eigenvalue weighted by molar-refractivity contribution is -0.119. The van der Waals surface area contributed by atoms with Crippen LogP contribution >= 0.6 is 12.2 Å². The first kappa shape index (κ1) is 20.6. The Labute approximate surface area is 165 Å². The van der Waals surface area contributed by atoms with E-state index in [0.29, 0.717) is 17.7 Å². The molecule has 3 N–H and O–H groups in total. The first-order chi connectivity index (χ1) is 13.0. The molecule has 142 valence electrons. The molecule has 2 aromatic rings. The molecule has 6 heteroatoms. The van der Waals surface area contributed by atoms with Crippen molar-refractivity contribution in [2.24, 2.45) is 0 Å². The lowest BCUT2D eigenvalue weighted by Gasteiger charge is -2.15. The van der Waals surface area contributed by atoms with Gasteiger partial charge in [0.1, 0.15) is 0 Å². The van der Waals surface area contributed by atoms with Gasteiger partial charge in [-0.2, -0.15) is 0 Å². The molecule has 1 unspecified atom stereocenters. The predicted octanol–water partition coefficient (Wildman–Crippen LogP) is 4.18. The Kier molecular flexibility index (Phi) is 7.95. The van der Waals surface area contributed by atoms with Gasteiger partial charge in [0.2, 0.25) is 5.91 Å². The van der Waals surface area contributed by atoms with Gasteiger partial charge in [-0.25, -0.2) is 0 Å². The molecule has 0 aliphatic carbocycles. The van der Waals surface area contributed by atoms with Crippen molar-refractivity contribution in [3.05, 3.63) is 65.7 Å². The number of anilines is 1. The highest BCUT2D eigenvalue weighted by Gasteiger charge is 2.12. The average Bonchev–Trinajstić information content (AvgIpc) is 2.67. The van der Waals surface area contributed by atoms with Crippen molar-refractivity contribution in [2.45, 2.75) is 39.2 Å². The third-order valence-corrected chi connectivity index (χ3v) is 4.24. The second-order valence-electron chi connectivity index (χ2n) is 6.29. The normalized spacial score (nSPS) is 11.3. The number of hydrogen-bond acceptors (Lipinski definition) is 3. The summed E-state index contributed by atoms with van der Waals surface area (Å²) in [5.74, 6) is -0.284. The van der Waals surface area contributed by atoms with Gasteiger partial charge in [-0.3, -0.25) is 9.59 Å². The van der Waals surface area contributed by atoms with Gasteiger partial charge >= 0.3 is 0 Å². The fourth-order valence-corrected chi connectivity index (χ4v) is 2.76. The van der Waals surface area contributed by atoms with Crippen LogP contribution in [0.5, 0.6) is 0 Å². The van der Waals surface area contributed by atoms with Crippen LogP contribution in [-0.4, -0.2) is 16.9 Å². The van der Waals surface area contributed by atoms with Crippen molar-refractivity contribution in [1.82, 2.24) is 10.6 Å². The smallest absolute Gasteiger partial charge is 0.251 e. The molecule has 2 amide bonds. The van der Waals surface area contributed by atoms with Crippen LogP contribution in [0.2, 0.25) is 0 Å². The number of benzene rings is 2. The van der Waals surface area contributed by atoms with Gasteiger partial charge < -0.3 is 16.0 Å². The van der Waals surface area contributed by atoms with E-state index in [2.05, 4.69) is 16.0 Å². The summed E-state index contributed by atoms with van der Waals surface area (Å²) in [5, 5.41) is 8.80. The van der Waals surface area contributed by atoms with E-state index < -0.39 is 0 Å². The minimum absolute atomic E-state index is 0.103. The van der Waals surface area contributed by atoms with Crippen molar-refractivity contribution in [3.63, 3.8) is 0 Å². The minimum Gasteiger partial charge on any atom is -0.346 e. The third-order valence-electron chi connectivity index (χ3n) is 4.04. The molecule has 0 aromatic heterocycles. The Morgan fingerprint density at radius 3 is 2.52 bits per heavy atom. The van der Waals surface area contributed by atoms with Crippen molar-refractivity contribution in [1.29, 1.82) is 0 Å². The highest BCUT2D eigenvalue weighted by Crippen LogP contribution is 2.15. The summed E-state index contributed by atoms with van der Waals surface area (Å²) in [6.45, 7) is 3.97. The van der Waals surface area contributed by atoms with Crippen LogP contribution < -0.4 is 16.0 Å². The van der Waals surface area contributed by atoms with Crippen LogP contribution in [0.1, 0.15) is 55.1 Å². The zero-order chi connectivity index (χ0) is 19.6. The molecule has 2 aromatic carbocycles. The van der Waals surface area contributed by atoms with Crippen molar-refractivity contribution in [2.75, 3.05) is 5.32 Å². The molecule has 27 heavy (non-hydrogen) atoms. The van der Waals surface area contributed by atoms with E-state index in [0.717, 1.165) is 18.4 Å². The van der Waals surface area contributed by atoms with Crippen molar-refractivity contribution < 1.29 is 9.59 Å². The fraction of sp³-hybridized carbons (Fsp3) is 0.286.